The van der Waals surface area contributed by atoms with Crippen molar-refractivity contribution in [2.75, 3.05) is 6.61 Å². The summed E-state index contributed by atoms with van der Waals surface area (Å²) in [6.45, 7) is 10.6. The highest BCUT2D eigenvalue weighted by Crippen LogP contribution is 2.22. The molecule has 0 aliphatic heterocycles. The quantitative estimate of drug-likeness (QED) is 0.377. The minimum Gasteiger partial charge on any atom is -0.484 e. The van der Waals surface area contributed by atoms with Crippen LogP contribution >= 0.6 is 0 Å². The number of rotatable bonds is 12. The Labute approximate surface area is 176 Å². The minimum atomic E-state index is -0.120. The van der Waals surface area contributed by atoms with Crippen molar-refractivity contribution in [1.29, 1.82) is 0 Å². The first-order valence-electron chi connectivity index (χ1n) is 11.3. The third-order valence-electron chi connectivity index (χ3n) is 5.88. The van der Waals surface area contributed by atoms with Crippen molar-refractivity contribution in [3.8, 4) is 5.75 Å². The smallest absolute Gasteiger partial charge is 0.284 e. The molecule has 0 aliphatic carbocycles. The molecule has 1 aromatic heterocycles. The van der Waals surface area contributed by atoms with Crippen molar-refractivity contribution >= 4 is 5.91 Å². The van der Waals surface area contributed by atoms with Crippen molar-refractivity contribution in [3.05, 3.63) is 46.8 Å². The van der Waals surface area contributed by atoms with Crippen LogP contribution in [0, 0.1) is 13.8 Å². The molecule has 0 saturated heterocycles. The lowest BCUT2D eigenvalue weighted by atomic mass is 9.99. The van der Waals surface area contributed by atoms with Crippen LogP contribution in [0.2, 0.25) is 0 Å². The van der Waals surface area contributed by atoms with Gasteiger partial charge in [0.25, 0.3) is 5.91 Å². The molecular formula is C25H38N2O2. The normalized spacial score (nSPS) is 12.2. The van der Waals surface area contributed by atoms with Crippen molar-refractivity contribution in [2.45, 2.75) is 91.9 Å². The Morgan fingerprint density at radius 3 is 2.34 bits per heavy atom. The molecule has 1 unspecified atom stereocenters. The highest BCUT2D eigenvalue weighted by Gasteiger charge is 2.17. The van der Waals surface area contributed by atoms with Crippen molar-refractivity contribution in [2.24, 2.45) is 0 Å². The molecule has 0 saturated carbocycles. The van der Waals surface area contributed by atoms with Crippen LogP contribution in [0.4, 0.5) is 0 Å². The van der Waals surface area contributed by atoms with Crippen molar-refractivity contribution in [3.63, 3.8) is 0 Å². The number of carbonyl (C=O) groups is 1. The van der Waals surface area contributed by atoms with Crippen LogP contribution in [0.3, 0.4) is 0 Å². The summed E-state index contributed by atoms with van der Waals surface area (Å²) < 4.78 is 7.24. The predicted octanol–water partition coefficient (Wildman–Crippen LogP) is 6.64. The van der Waals surface area contributed by atoms with Gasteiger partial charge in [-0.2, -0.15) is 5.10 Å². The van der Waals surface area contributed by atoms with Gasteiger partial charge in [-0.3, -0.25) is 4.79 Å². The topological polar surface area (TPSA) is 44.1 Å². The van der Waals surface area contributed by atoms with Crippen molar-refractivity contribution in [1.82, 2.24) is 9.78 Å². The summed E-state index contributed by atoms with van der Waals surface area (Å²) in [5.74, 6) is 1.13. The number of aromatic nitrogens is 2. The summed E-state index contributed by atoms with van der Waals surface area (Å²) in [5.41, 5.74) is 4.43. The maximum atomic E-state index is 12.6. The maximum absolute atomic E-state index is 12.6. The molecule has 0 fully saturated rings. The summed E-state index contributed by atoms with van der Waals surface area (Å²) in [6.07, 6.45) is 9.72. The maximum Gasteiger partial charge on any atom is 0.284 e. The van der Waals surface area contributed by atoms with E-state index in [9.17, 15) is 4.79 Å². The molecule has 4 nitrogen and oxygen atoms in total. The number of nitrogens with zero attached hydrogens (tertiary/aromatic N) is 2. The first-order valence-corrected chi connectivity index (χ1v) is 11.3. The second-order valence-electron chi connectivity index (χ2n) is 8.14. The van der Waals surface area contributed by atoms with Crippen LogP contribution < -0.4 is 4.74 Å². The molecule has 1 aromatic carbocycles. The van der Waals surface area contributed by atoms with Crippen LogP contribution in [0.15, 0.2) is 24.3 Å². The molecule has 0 radical (unpaired) electrons. The second-order valence-corrected chi connectivity index (χ2v) is 8.14. The highest BCUT2D eigenvalue weighted by atomic mass is 16.5. The fraction of sp³-hybridized carbons (Fsp3) is 0.600. The van der Waals surface area contributed by atoms with Gasteiger partial charge in [0.1, 0.15) is 5.75 Å². The van der Waals surface area contributed by atoms with Gasteiger partial charge in [0.15, 0.2) is 6.61 Å². The molecule has 0 amide bonds. The summed E-state index contributed by atoms with van der Waals surface area (Å²) in [7, 11) is 0. The van der Waals surface area contributed by atoms with Gasteiger partial charge in [-0.25, -0.2) is 4.68 Å². The molecule has 2 aromatic rings. The monoisotopic (exact) mass is 398 g/mol. The molecule has 29 heavy (non-hydrogen) atoms. The highest BCUT2D eigenvalue weighted by molar-refractivity contribution is 5.80. The number of unbranched alkanes of at least 4 members (excludes halogenated alkanes) is 5. The third kappa shape index (κ3) is 6.73. The number of aryl methyl sites for hydroxylation is 1. The van der Waals surface area contributed by atoms with Crippen LogP contribution in [-0.4, -0.2) is 22.3 Å². The number of hydrogen-bond donors (Lipinski definition) is 0. The van der Waals surface area contributed by atoms with Crippen LogP contribution in [0.1, 0.15) is 98.9 Å². The predicted molar refractivity (Wildman–Crippen MR) is 120 cm³/mol. The summed E-state index contributed by atoms with van der Waals surface area (Å²) >= 11 is 0. The van der Waals surface area contributed by atoms with E-state index in [0.717, 1.165) is 36.4 Å². The Kier molecular flexibility index (Phi) is 9.43. The average Bonchev–Trinajstić information content (AvgIpc) is 3.02. The zero-order chi connectivity index (χ0) is 21.2. The van der Waals surface area contributed by atoms with E-state index in [1.54, 1.807) is 0 Å². The molecule has 0 N–H and O–H groups in total. The first kappa shape index (κ1) is 23.2. The van der Waals surface area contributed by atoms with E-state index in [1.165, 1.54) is 47.9 Å². The van der Waals surface area contributed by atoms with E-state index < -0.39 is 0 Å². The van der Waals surface area contributed by atoms with Gasteiger partial charge in [0.05, 0.1) is 5.69 Å². The van der Waals surface area contributed by atoms with Gasteiger partial charge in [-0.05, 0) is 62.3 Å². The molecule has 1 atom stereocenters. The van der Waals surface area contributed by atoms with Crippen LogP contribution in [0.25, 0.3) is 0 Å². The fourth-order valence-electron chi connectivity index (χ4n) is 3.70. The molecule has 1 heterocycles. The molecule has 160 valence electrons. The summed E-state index contributed by atoms with van der Waals surface area (Å²) in [4.78, 5) is 12.6. The molecule has 4 heteroatoms. The Morgan fingerprint density at radius 2 is 1.69 bits per heavy atom. The van der Waals surface area contributed by atoms with E-state index >= 15 is 0 Å². The average molecular weight is 399 g/mol. The largest absolute Gasteiger partial charge is 0.484 e. The second kappa shape index (κ2) is 11.8. The van der Waals surface area contributed by atoms with E-state index in [-0.39, 0.29) is 12.5 Å². The van der Waals surface area contributed by atoms with Gasteiger partial charge in [-0.15, -0.1) is 0 Å². The van der Waals surface area contributed by atoms with Gasteiger partial charge in [0, 0.05) is 5.69 Å². The SMILES string of the molecule is CCCCCCCCc1c(C)nn(C(=O)COc2ccc(C(C)CC)cc2)c1C. The summed E-state index contributed by atoms with van der Waals surface area (Å²) in [6, 6.07) is 8.05. The zero-order valence-electron chi connectivity index (χ0n) is 19.0. The van der Waals surface area contributed by atoms with Crippen molar-refractivity contribution < 1.29 is 9.53 Å². The zero-order valence-corrected chi connectivity index (χ0v) is 19.0. The number of carbonyl (C=O) groups excluding carboxylic acids is 1. The van der Waals surface area contributed by atoms with Gasteiger partial charge >= 0.3 is 0 Å². The van der Waals surface area contributed by atoms with Gasteiger partial charge in [-0.1, -0.05) is 65.0 Å². The van der Waals surface area contributed by atoms with Gasteiger partial charge in [0.2, 0.25) is 0 Å². The molecule has 2 rings (SSSR count). The Hall–Kier alpha value is -2.10. The number of hydrogen-bond acceptors (Lipinski definition) is 3. The van der Waals surface area contributed by atoms with Crippen LogP contribution in [-0.2, 0) is 6.42 Å². The number of ether oxygens (including phenoxy) is 1. The minimum absolute atomic E-state index is 0.00109. The summed E-state index contributed by atoms with van der Waals surface area (Å²) in [5, 5.41) is 4.49. The Balaban J connectivity index is 1.89. The lowest BCUT2D eigenvalue weighted by Crippen LogP contribution is -2.21. The van der Waals surface area contributed by atoms with E-state index in [4.69, 9.17) is 4.74 Å². The lowest BCUT2D eigenvalue weighted by molar-refractivity contribution is 0.0818. The van der Waals surface area contributed by atoms with Crippen LogP contribution in [0.5, 0.6) is 5.75 Å². The van der Waals surface area contributed by atoms with Gasteiger partial charge < -0.3 is 4.74 Å². The Bertz CT molecular complexity index is 762. The van der Waals surface area contributed by atoms with E-state index in [2.05, 4.69) is 38.0 Å². The molecular weight excluding hydrogens is 360 g/mol. The molecule has 0 bridgehead atoms. The van der Waals surface area contributed by atoms with E-state index in [1.807, 2.05) is 26.0 Å². The van der Waals surface area contributed by atoms with E-state index in [0.29, 0.717) is 5.92 Å². The fourth-order valence-corrected chi connectivity index (χ4v) is 3.70. The molecule has 0 spiro atoms. The number of benzene rings is 1. The standard InChI is InChI=1S/C25H38N2O2/c1-6-8-9-10-11-12-13-24-20(4)26-27(21(24)5)25(28)18-29-23-16-14-22(15-17-23)19(3)7-2/h14-17,19H,6-13,18H2,1-5H3. The molecule has 0 aliphatic rings. The first-order chi connectivity index (χ1) is 14.0. The Morgan fingerprint density at radius 1 is 1.03 bits per heavy atom. The lowest BCUT2D eigenvalue weighted by Gasteiger charge is -2.11. The third-order valence-corrected chi connectivity index (χ3v) is 5.88.